The van der Waals surface area contributed by atoms with E-state index in [2.05, 4.69) is 41.5 Å². The van der Waals surface area contributed by atoms with Gasteiger partial charge in [0, 0.05) is 13.2 Å². The molecule has 0 saturated carbocycles. The largest absolute Gasteiger partial charge is 0.372 e. The summed E-state index contributed by atoms with van der Waals surface area (Å²) in [5.74, 6) is 0.609. The van der Waals surface area contributed by atoms with Crippen LogP contribution in [0.15, 0.2) is 35.3 Å². The van der Waals surface area contributed by atoms with Gasteiger partial charge in [-0.05, 0) is 28.1 Å². The van der Waals surface area contributed by atoms with Crippen LogP contribution in [-0.2, 0) is 0 Å². The highest BCUT2D eigenvalue weighted by Crippen LogP contribution is 2.13. The average Bonchev–Trinajstić information content (AvgIpc) is 2.41. The number of carbonyl (C=O) groups is 1. The molecule has 2 heterocycles. The van der Waals surface area contributed by atoms with E-state index in [1.807, 2.05) is 0 Å². The van der Waals surface area contributed by atoms with Crippen LogP contribution in [0.5, 0.6) is 0 Å². The van der Waals surface area contributed by atoms with Crippen molar-refractivity contribution in [1.82, 2.24) is 15.0 Å². The Balaban J connectivity index is 2.19. The number of pyridine rings is 1. The van der Waals surface area contributed by atoms with Gasteiger partial charge in [0.2, 0.25) is 0 Å². The van der Waals surface area contributed by atoms with Gasteiger partial charge in [-0.25, -0.2) is 15.0 Å². The highest BCUT2D eigenvalue weighted by molar-refractivity contribution is 9.10. The van der Waals surface area contributed by atoms with Crippen molar-refractivity contribution in [1.29, 1.82) is 0 Å². The van der Waals surface area contributed by atoms with Gasteiger partial charge in [0.15, 0.2) is 5.82 Å². The molecule has 0 fully saturated rings. The van der Waals surface area contributed by atoms with E-state index in [4.69, 9.17) is 0 Å². The molecule has 7 heteroatoms. The molecule has 2 N–H and O–H groups in total. The van der Waals surface area contributed by atoms with Crippen molar-refractivity contribution in [3.8, 4) is 0 Å². The van der Waals surface area contributed by atoms with Crippen LogP contribution in [-0.4, -0.2) is 27.9 Å². The summed E-state index contributed by atoms with van der Waals surface area (Å²) in [7, 11) is 1.71. The molecule has 2 aromatic rings. The fourth-order valence-electron chi connectivity index (χ4n) is 1.35. The lowest BCUT2D eigenvalue weighted by Crippen LogP contribution is -2.15. The lowest BCUT2D eigenvalue weighted by molar-refractivity contribution is 0.102. The Hall–Kier alpha value is -2.02. The monoisotopic (exact) mass is 307 g/mol. The van der Waals surface area contributed by atoms with Crippen molar-refractivity contribution in [2.75, 3.05) is 17.7 Å². The van der Waals surface area contributed by atoms with Crippen LogP contribution in [0.25, 0.3) is 0 Å². The summed E-state index contributed by atoms with van der Waals surface area (Å²) in [5, 5.41) is 5.50. The van der Waals surface area contributed by atoms with Gasteiger partial charge >= 0.3 is 0 Å². The van der Waals surface area contributed by atoms with E-state index in [1.54, 1.807) is 25.4 Å². The molecule has 18 heavy (non-hydrogen) atoms. The quantitative estimate of drug-likeness (QED) is 0.905. The maximum atomic E-state index is 12.0. The zero-order chi connectivity index (χ0) is 13.0. The first kappa shape index (κ1) is 12.4. The Kier molecular flexibility index (Phi) is 3.83. The fraction of sp³-hybridized carbons (Fsp3) is 0.0909. The minimum absolute atomic E-state index is 0.288. The summed E-state index contributed by atoms with van der Waals surface area (Å²) in [4.78, 5) is 24.1. The molecule has 0 aliphatic heterocycles. The molecule has 2 rings (SSSR count). The topological polar surface area (TPSA) is 79.8 Å². The standard InChI is InChI=1S/C11H10BrN5O/c1-13-10-7(3-2-4-14-10)11(18)17-9-6-15-8(12)5-16-9/h2-6H,1H3,(H,13,14)(H,16,17,18). The number of halogens is 1. The van der Waals surface area contributed by atoms with Gasteiger partial charge in [-0.15, -0.1) is 0 Å². The molecule has 0 aromatic carbocycles. The first-order chi connectivity index (χ1) is 8.70. The third kappa shape index (κ3) is 2.80. The van der Waals surface area contributed by atoms with Crippen molar-refractivity contribution in [2.24, 2.45) is 0 Å². The zero-order valence-electron chi connectivity index (χ0n) is 9.51. The van der Waals surface area contributed by atoms with Crippen molar-refractivity contribution in [2.45, 2.75) is 0 Å². The number of hydrogen-bond acceptors (Lipinski definition) is 5. The van der Waals surface area contributed by atoms with Gasteiger partial charge in [-0.2, -0.15) is 0 Å². The second-order valence-corrected chi connectivity index (χ2v) is 4.14. The van der Waals surface area contributed by atoms with Crippen LogP contribution < -0.4 is 10.6 Å². The van der Waals surface area contributed by atoms with Gasteiger partial charge in [-0.3, -0.25) is 4.79 Å². The molecule has 0 aliphatic carbocycles. The van der Waals surface area contributed by atoms with E-state index >= 15 is 0 Å². The highest BCUT2D eigenvalue weighted by atomic mass is 79.9. The summed E-state index contributed by atoms with van der Waals surface area (Å²) in [5.41, 5.74) is 0.449. The van der Waals surface area contributed by atoms with Crippen LogP contribution in [0.1, 0.15) is 10.4 Å². The molecular weight excluding hydrogens is 298 g/mol. The number of aromatic nitrogens is 3. The minimum atomic E-state index is -0.288. The summed E-state index contributed by atoms with van der Waals surface area (Å²) < 4.78 is 0.609. The third-order valence-corrected chi connectivity index (χ3v) is 2.56. The Bertz CT molecular complexity index is 558. The molecule has 2 aromatic heterocycles. The molecule has 0 radical (unpaired) electrons. The highest BCUT2D eigenvalue weighted by Gasteiger charge is 2.11. The number of nitrogens with one attached hydrogen (secondary N) is 2. The Morgan fingerprint density at radius 1 is 1.28 bits per heavy atom. The van der Waals surface area contributed by atoms with Crippen molar-refractivity contribution >= 4 is 33.5 Å². The summed E-state index contributed by atoms with van der Waals surface area (Å²) in [6.07, 6.45) is 4.59. The molecule has 0 aliphatic rings. The molecule has 0 atom stereocenters. The maximum Gasteiger partial charge on any atom is 0.260 e. The number of rotatable bonds is 3. The van der Waals surface area contributed by atoms with E-state index in [0.717, 1.165) is 0 Å². The molecule has 0 saturated heterocycles. The second kappa shape index (κ2) is 5.54. The van der Waals surface area contributed by atoms with Gasteiger partial charge in [0.25, 0.3) is 5.91 Å². The lowest BCUT2D eigenvalue weighted by Gasteiger charge is -2.07. The summed E-state index contributed by atoms with van der Waals surface area (Å²) in [6.45, 7) is 0. The normalized spacial score (nSPS) is 9.89. The Labute approximate surface area is 112 Å². The van der Waals surface area contributed by atoms with E-state index in [9.17, 15) is 4.79 Å². The van der Waals surface area contributed by atoms with E-state index in [0.29, 0.717) is 21.8 Å². The van der Waals surface area contributed by atoms with Crippen molar-refractivity contribution < 1.29 is 4.79 Å². The first-order valence-corrected chi connectivity index (χ1v) is 5.91. The predicted octanol–water partition coefficient (Wildman–Crippen LogP) is 1.93. The van der Waals surface area contributed by atoms with Crippen molar-refractivity contribution in [3.63, 3.8) is 0 Å². The predicted molar refractivity (Wildman–Crippen MR) is 71.5 cm³/mol. The molecule has 0 spiro atoms. The van der Waals surface area contributed by atoms with E-state index < -0.39 is 0 Å². The van der Waals surface area contributed by atoms with Gasteiger partial charge in [-0.1, -0.05) is 0 Å². The van der Waals surface area contributed by atoms with E-state index in [1.165, 1.54) is 12.4 Å². The van der Waals surface area contributed by atoms with Crippen molar-refractivity contribution in [3.05, 3.63) is 40.9 Å². The number of amides is 1. The Morgan fingerprint density at radius 2 is 2.11 bits per heavy atom. The molecule has 92 valence electrons. The van der Waals surface area contributed by atoms with Crippen LogP contribution in [0.3, 0.4) is 0 Å². The lowest BCUT2D eigenvalue weighted by atomic mass is 10.2. The fourth-order valence-corrected chi connectivity index (χ4v) is 1.55. The number of nitrogens with zero attached hydrogens (tertiary/aromatic N) is 3. The Morgan fingerprint density at radius 3 is 2.78 bits per heavy atom. The van der Waals surface area contributed by atoms with Crippen LogP contribution >= 0.6 is 15.9 Å². The first-order valence-electron chi connectivity index (χ1n) is 5.12. The van der Waals surface area contributed by atoms with Crippen LogP contribution in [0.2, 0.25) is 0 Å². The SMILES string of the molecule is CNc1ncccc1C(=O)Nc1cnc(Br)cn1. The average molecular weight is 308 g/mol. The zero-order valence-corrected chi connectivity index (χ0v) is 11.1. The van der Waals surface area contributed by atoms with Gasteiger partial charge < -0.3 is 10.6 Å². The number of carbonyl (C=O) groups excluding carboxylic acids is 1. The molecule has 1 amide bonds. The van der Waals surface area contributed by atoms with E-state index in [-0.39, 0.29) is 5.91 Å². The molecule has 0 bridgehead atoms. The number of hydrogen-bond donors (Lipinski definition) is 2. The second-order valence-electron chi connectivity index (χ2n) is 3.33. The smallest absolute Gasteiger partial charge is 0.260 e. The summed E-state index contributed by atoms with van der Waals surface area (Å²) >= 11 is 3.17. The van der Waals surface area contributed by atoms with Gasteiger partial charge in [0.05, 0.1) is 18.0 Å². The third-order valence-electron chi connectivity index (χ3n) is 2.15. The molecular formula is C11H10BrN5O. The molecule has 6 nitrogen and oxygen atoms in total. The summed E-state index contributed by atoms with van der Waals surface area (Å²) in [6, 6.07) is 3.38. The van der Waals surface area contributed by atoms with Gasteiger partial charge in [0.1, 0.15) is 10.4 Å². The number of anilines is 2. The van der Waals surface area contributed by atoms with Crippen LogP contribution in [0.4, 0.5) is 11.6 Å². The van der Waals surface area contributed by atoms with Crippen LogP contribution in [0, 0.1) is 0 Å². The minimum Gasteiger partial charge on any atom is -0.372 e. The molecule has 0 unspecified atom stereocenters. The maximum absolute atomic E-state index is 12.0.